The van der Waals surface area contributed by atoms with E-state index in [1.165, 1.54) is 56.6 Å². The van der Waals surface area contributed by atoms with E-state index in [-0.39, 0.29) is 0 Å². The highest BCUT2D eigenvalue weighted by Gasteiger charge is 2.27. The lowest BCUT2D eigenvalue weighted by atomic mass is 10.1. The SMILES string of the molecule is CCCc1c(C)n(CCc2c[nH]c3ccccc23)c(CCC)[n+]1CCc1c[nH]c2ccccc12. The average Bonchev–Trinajstić information content (AvgIpc) is 3.53. The Labute approximate surface area is 202 Å². The molecule has 0 saturated heterocycles. The molecule has 2 N–H and O–H groups in total. The smallest absolute Gasteiger partial charge is 0.256 e. The molecule has 0 unspecified atom stereocenters. The average molecular weight is 454 g/mol. The summed E-state index contributed by atoms with van der Waals surface area (Å²) in [5.74, 6) is 1.49. The highest BCUT2D eigenvalue weighted by molar-refractivity contribution is 5.83. The van der Waals surface area contributed by atoms with Gasteiger partial charge in [0.05, 0.1) is 13.1 Å². The van der Waals surface area contributed by atoms with E-state index in [1.807, 2.05) is 0 Å². The molecular weight excluding hydrogens is 416 g/mol. The van der Waals surface area contributed by atoms with Gasteiger partial charge in [-0.2, -0.15) is 0 Å². The van der Waals surface area contributed by atoms with Gasteiger partial charge in [-0.25, -0.2) is 9.13 Å². The number of aromatic amines is 2. The molecule has 0 spiro atoms. The molecule has 0 bridgehead atoms. The molecule has 176 valence electrons. The minimum atomic E-state index is 1.03. The van der Waals surface area contributed by atoms with Crippen LogP contribution in [-0.4, -0.2) is 14.5 Å². The van der Waals surface area contributed by atoms with E-state index in [0.717, 1.165) is 45.2 Å². The number of aryl methyl sites for hydroxylation is 2. The minimum absolute atomic E-state index is 1.03. The van der Waals surface area contributed by atoms with Gasteiger partial charge >= 0.3 is 0 Å². The number of nitrogens with zero attached hydrogens (tertiary/aromatic N) is 2. The maximum absolute atomic E-state index is 3.45. The van der Waals surface area contributed by atoms with Gasteiger partial charge in [-0.05, 0) is 36.1 Å². The van der Waals surface area contributed by atoms with Gasteiger partial charge in [0.1, 0.15) is 11.4 Å². The number of nitrogens with one attached hydrogen (secondary N) is 2. The van der Waals surface area contributed by atoms with Crippen molar-refractivity contribution in [1.82, 2.24) is 14.5 Å². The molecule has 3 heterocycles. The molecule has 0 saturated carbocycles. The molecule has 0 fully saturated rings. The fraction of sp³-hybridized carbons (Fsp3) is 0.367. The van der Waals surface area contributed by atoms with E-state index < -0.39 is 0 Å². The molecule has 4 nitrogen and oxygen atoms in total. The van der Waals surface area contributed by atoms with Crippen LogP contribution in [0.2, 0.25) is 0 Å². The lowest BCUT2D eigenvalue weighted by molar-refractivity contribution is -0.710. The predicted octanol–water partition coefficient (Wildman–Crippen LogP) is 6.44. The van der Waals surface area contributed by atoms with E-state index in [0.29, 0.717) is 0 Å². The summed E-state index contributed by atoms with van der Waals surface area (Å²) in [7, 11) is 0. The number of imidazole rings is 1. The maximum Gasteiger partial charge on any atom is 0.256 e. The van der Waals surface area contributed by atoms with Gasteiger partial charge in [0.25, 0.3) is 5.82 Å². The third-order valence-electron chi connectivity index (χ3n) is 7.29. The van der Waals surface area contributed by atoms with Crippen molar-refractivity contribution in [3.8, 4) is 0 Å². The van der Waals surface area contributed by atoms with Crippen LogP contribution in [-0.2, 0) is 38.8 Å². The molecule has 0 aliphatic heterocycles. The lowest BCUT2D eigenvalue weighted by Gasteiger charge is -2.07. The molecule has 0 aliphatic rings. The second-order valence-corrected chi connectivity index (χ2v) is 9.47. The van der Waals surface area contributed by atoms with Crippen molar-refractivity contribution >= 4 is 21.8 Å². The third-order valence-corrected chi connectivity index (χ3v) is 7.29. The normalized spacial score (nSPS) is 11.7. The topological polar surface area (TPSA) is 40.4 Å². The molecule has 3 aromatic heterocycles. The number of fused-ring (bicyclic) bond motifs is 2. The number of hydrogen-bond donors (Lipinski definition) is 2. The van der Waals surface area contributed by atoms with Crippen molar-refractivity contribution in [3.05, 3.63) is 89.3 Å². The van der Waals surface area contributed by atoms with Crippen molar-refractivity contribution < 1.29 is 4.57 Å². The second-order valence-electron chi connectivity index (χ2n) is 9.47. The molecule has 0 aliphatic carbocycles. The van der Waals surface area contributed by atoms with Gasteiger partial charge in [-0.1, -0.05) is 50.2 Å². The largest absolute Gasteiger partial charge is 0.361 e. The Morgan fingerprint density at radius 3 is 1.94 bits per heavy atom. The predicted molar refractivity (Wildman–Crippen MR) is 141 cm³/mol. The first-order chi connectivity index (χ1) is 16.7. The van der Waals surface area contributed by atoms with Crippen LogP contribution in [0.15, 0.2) is 60.9 Å². The van der Waals surface area contributed by atoms with Crippen molar-refractivity contribution in [3.63, 3.8) is 0 Å². The zero-order chi connectivity index (χ0) is 23.5. The summed E-state index contributed by atoms with van der Waals surface area (Å²) in [5, 5.41) is 2.71. The summed E-state index contributed by atoms with van der Waals surface area (Å²) < 4.78 is 5.27. The fourth-order valence-corrected chi connectivity index (χ4v) is 5.59. The van der Waals surface area contributed by atoms with Crippen LogP contribution in [0.3, 0.4) is 0 Å². The Morgan fingerprint density at radius 1 is 0.735 bits per heavy atom. The first-order valence-electron chi connectivity index (χ1n) is 12.9. The molecule has 34 heavy (non-hydrogen) atoms. The number of hydrogen-bond acceptors (Lipinski definition) is 0. The number of para-hydroxylation sites is 2. The molecule has 5 aromatic rings. The van der Waals surface area contributed by atoms with E-state index in [2.05, 4.69) is 101 Å². The molecule has 2 aromatic carbocycles. The second kappa shape index (κ2) is 9.92. The van der Waals surface area contributed by atoms with Crippen molar-refractivity contribution in [2.24, 2.45) is 0 Å². The minimum Gasteiger partial charge on any atom is -0.361 e. The van der Waals surface area contributed by atoms with E-state index in [9.17, 15) is 0 Å². The monoisotopic (exact) mass is 453 g/mol. The Morgan fingerprint density at radius 2 is 1.32 bits per heavy atom. The van der Waals surface area contributed by atoms with Gasteiger partial charge in [-0.3, -0.25) is 0 Å². The van der Waals surface area contributed by atoms with Crippen LogP contribution in [0, 0.1) is 6.92 Å². The zero-order valence-corrected chi connectivity index (χ0v) is 20.8. The van der Waals surface area contributed by atoms with Crippen molar-refractivity contribution in [2.45, 2.75) is 72.4 Å². The van der Waals surface area contributed by atoms with Gasteiger partial charge in [-0.15, -0.1) is 0 Å². The first kappa shape index (κ1) is 22.5. The van der Waals surface area contributed by atoms with E-state index >= 15 is 0 Å². The molecule has 0 radical (unpaired) electrons. The lowest BCUT2D eigenvalue weighted by Crippen LogP contribution is -2.42. The molecular formula is C30H37N4+. The highest BCUT2D eigenvalue weighted by Crippen LogP contribution is 2.22. The van der Waals surface area contributed by atoms with Crippen LogP contribution < -0.4 is 4.57 Å². The van der Waals surface area contributed by atoms with E-state index in [4.69, 9.17) is 0 Å². The molecule has 0 amide bonds. The summed E-state index contributed by atoms with van der Waals surface area (Å²) in [6.07, 6.45) is 11.1. The Hall–Kier alpha value is -3.27. The van der Waals surface area contributed by atoms with Gasteiger partial charge in [0.2, 0.25) is 0 Å². The summed E-state index contributed by atoms with van der Waals surface area (Å²) in [6.45, 7) is 9.00. The Bertz CT molecular complexity index is 1400. The van der Waals surface area contributed by atoms with Gasteiger partial charge < -0.3 is 9.97 Å². The van der Waals surface area contributed by atoms with Crippen molar-refractivity contribution in [1.29, 1.82) is 0 Å². The maximum atomic E-state index is 3.45. The quantitative estimate of drug-likeness (QED) is 0.229. The van der Waals surface area contributed by atoms with Crippen molar-refractivity contribution in [2.75, 3.05) is 0 Å². The van der Waals surface area contributed by atoms with Crippen LogP contribution >= 0.6 is 0 Å². The zero-order valence-electron chi connectivity index (χ0n) is 20.8. The number of H-pyrrole nitrogens is 2. The highest BCUT2D eigenvalue weighted by atomic mass is 15.2. The summed E-state index contributed by atoms with van der Waals surface area (Å²) in [5.41, 5.74) is 8.26. The molecule has 4 heteroatoms. The number of aromatic nitrogens is 4. The summed E-state index contributed by atoms with van der Waals surface area (Å²) in [6, 6.07) is 17.3. The van der Waals surface area contributed by atoms with Crippen LogP contribution in [0.1, 0.15) is 55.0 Å². The Balaban J connectivity index is 1.46. The number of rotatable bonds is 10. The van der Waals surface area contributed by atoms with Gasteiger partial charge in [0.15, 0.2) is 0 Å². The number of benzene rings is 2. The standard InChI is InChI=1S/C30H37N4/c1-4-10-29-22(3)33(18-16-23-20-31-27-14-8-6-12-25(23)27)30(11-5-2)34(29)19-17-24-21-32-28-15-9-7-13-26(24)28/h6-9,12-15,20-21,31-32H,4-5,10-11,16-19H2,1-3H3/q+1. The van der Waals surface area contributed by atoms with Crippen LogP contribution in [0.25, 0.3) is 21.8 Å². The third kappa shape index (κ3) is 4.18. The molecule has 0 atom stereocenters. The Kier molecular flexibility index (Phi) is 6.57. The van der Waals surface area contributed by atoms with E-state index in [1.54, 1.807) is 0 Å². The van der Waals surface area contributed by atoms with Gasteiger partial charge in [0, 0.05) is 66.8 Å². The van der Waals surface area contributed by atoms with Crippen LogP contribution in [0.4, 0.5) is 0 Å². The fourth-order valence-electron chi connectivity index (χ4n) is 5.59. The summed E-state index contributed by atoms with van der Waals surface area (Å²) in [4.78, 5) is 6.90. The van der Waals surface area contributed by atoms with Crippen LogP contribution in [0.5, 0.6) is 0 Å². The summed E-state index contributed by atoms with van der Waals surface area (Å²) >= 11 is 0. The molecule has 5 rings (SSSR count). The first-order valence-corrected chi connectivity index (χ1v) is 12.9.